The molecule has 2 amide bonds. The predicted octanol–water partition coefficient (Wildman–Crippen LogP) is 3.51. The molecule has 2 aromatic heterocycles. The lowest BCUT2D eigenvalue weighted by Gasteiger charge is -2.41. The first kappa shape index (κ1) is 23.4. The van der Waals surface area contributed by atoms with Gasteiger partial charge in [-0.05, 0) is 44.7 Å². The van der Waals surface area contributed by atoms with E-state index < -0.39 is 40.9 Å². The number of nitrogens with one attached hydrogen (secondary N) is 1. The highest BCUT2D eigenvalue weighted by atomic mass is 35.5. The summed E-state index contributed by atoms with van der Waals surface area (Å²) in [7, 11) is 0. The number of aromatic nitrogens is 3. The summed E-state index contributed by atoms with van der Waals surface area (Å²) in [5, 5.41) is 2.83. The fourth-order valence-corrected chi connectivity index (χ4v) is 5.00. The zero-order valence-corrected chi connectivity index (χ0v) is 18.8. The molecule has 0 aromatic carbocycles. The average molecular weight is 482 g/mol. The van der Waals surface area contributed by atoms with Crippen LogP contribution in [0.2, 0.25) is 0 Å². The smallest absolute Gasteiger partial charge is 0.278 e. The maximum Gasteiger partial charge on any atom is 0.278 e. The Labute approximate surface area is 193 Å². The Morgan fingerprint density at radius 2 is 1.94 bits per heavy atom. The quantitative estimate of drug-likeness (QED) is 0.638. The molecule has 0 radical (unpaired) electrons. The van der Waals surface area contributed by atoms with Gasteiger partial charge in [-0.3, -0.25) is 19.5 Å². The number of amides is 2. The lowest BCUT2D eigenvalue weighted by atomic mass is 9.87. The lowest BCUT2D eigenvalue weighted by Crippen LogP contribution is -2.60. The van der Waals surface area contributed by atoms with Gasteiger partial charge >= 0.3 is 0 Å². The summed E-state index contributed by atoms with van der Waals surface area (Å²) in [6.07, 6.45) is 5.41. The molecule has 1 N–H and O–H groups in total. The Bertz CT molecular complexity index is 1040. The summed E-state index contributed by atoms with van der Waals surface area (Å²) in [6, 6.07) is 2.64. The number of fused-ring (bicyclic) bond motifs is 2. The number of aryl methyl sites for hydroxylation is 1. The zero-order valence-electron chi connectivity index (χ0n) is 18.0. The van der Waals surface area contributed by atoms with Gasteiger partial charge in [-0.25, -0.2) is 23.1 Å². The molecule has 0 spiro atoms. The minimum atomic E-state index is -2.74. The molecule has 2 saturated carbocycles. The molecule has 0 aliphatic heterocycles. The van der Waals surface area contributed by atoms with Crippen molar-refractivity contribution >= 4 is 29.1 Å². The number of hydrogen-bond donors (Lipinski definition) is 1. The number of alkyl halides is 4. The molecule has 2 bridgehead atoms. The molecule has 7 nitrogen and oxygen atoms in total. The number of hydrogen-bond acceptors (Lipinski definition) is 5. The molecule has 11 heteroatoms. The minimum absolute atomic E-state index is 0.131. The molecule has 2 aliphatic carbocycles. The molecular formula is C22H23ClF3N5O2. The first-order valence-electron chi connectivity index (χ1n) is 10.5. The molecule has 2 fully saturated rings. The van der Waals surface area contributed by atoms with Gasteiger partial charge in [0.25, 0.3) is 23.4 Å². The molecule has 33 heavy (non-hydrogen) atoms. The van der Waals surface area contributed by atoms with Crippen molar-refractivity contribution in [2.45, 2.75) is 56.2 Å². The Kier molecular flexibility index (Phi) is 6.07. The van der Waals surface area contributed by atoms with E-state index in [1.807, 2.05) is 0 Å². The fourth-order valence-electron chi connectivity index (χ4n) is 4.91. The number of carbonyl (C=O) groups excluding carboxylic acids is 2. The van der Waals surface area contributed by atoms with Crippen molar-refractivity contribution in [3.8, 4) is 0 Å². The second-order valence-electron chi connectivity index (χ2n) is 8.81. The number of pyridine rings is 1. The van der Waals surface area contributed by atoms with E-state index in [1.54, 1.807) is 13.0 Å². The number of halogens is 4. The number of anilines is 1. The van der Waals surface area contributed by atoms with Crippen LogP contribution >= 0.6 is 11.6 Å². The Morgan fingerprint density at radius 1 is 1.24 bits per heavy atom. The van der Waals surface area contributed by atoms with Crippen molar-refractivity contribution in [2.24, 2.45) is 11.8 Å². The van der Waals surface area contributed by atoms with Crippen molar-refractivity contribution in [2.75, 3.05) is 4.90 Å². The number of nitrogens with zero attached hydrogens (tertiary/aromatic N) is 4. The van der Waals surface area contributed by atoms with Gasteiger partial charge < -0.3 is 5.32 Å². The largest absolute Gasteiger partial charge is 0.351 e. The molecule has 5 atom stereocenters. The number of rotatable bonds is 6. The highest BCUT2D eigenvalue weighted by Crippen LogP contribution is 2.53. The highest BCUT2D eigenvalue weighted by Gasteiger charge is 2.58. The second kappa shape index (κ2) is 8.55. The van der Waals surface area contributed by atoms with Crippen LogP contribution in [0.15, 0.2) is 37.1 Å². The Morgan fingerprint density at radius 3 is 2.45 bits per heavy atom. The van der Waals surface area contributed by atoms with E-state index in [1.165, 1.54) is 37.9 Å². The summed E-state index contributed by atoms with van der Waals surface area (Å²) in [4.78, 5) is 39.7. The van der Waals surface area contributed by atoms with Crippen molar-refractivity contribution < 1.29 is 22.8 Å². The topological polar surface area (TPSA) is 88.1 Å². The summed E-state index contributed by atoms with van der Waals surface area (Å²) in [5.41, 5.74) is -3.30. The summed E-state index contributed by atoms with van der Waals surface area (Å²) >= 11 is 5.53. The fraction of sp³-hybridized carbons (Fsp3) is 0.500. The van der Waals surface area contributed by atoms with Crippen LogP contribution in [0.1, 0.15) is 37.4 Å². The molecule has 2 aliphatic rings. The summed E-state index contributed by atoms with van der Waals surface area (Å²) in [5.74, 6) is -5.76. The molecule has 0 saturated heterocycles. The van der Waals surface area contributed by atoms with Gasteiger partial charge in [0.15, 0.2) is 5.54 Å². The van der Waals surface area contributed by atoms with E-state index in [9.17, 15) is 22.8 Å². The highest BCUT2D eigenvalue weighted by molar-refractivity contribution is 6.32. The molecular weight excluding hydrogens is 459 g/mol. The van der Waals surface area contributed by atoms with E-state index in [-0.39, 0.29) is 30.0 Å². The van der Waals surface area contributed by atoms with Crippen LogP contribution in [-0.4, -0.2) is 44.4 Å². The monoisotopic (exact) mass is 481 g/mol. The first-order valence-corrected chi connectivity index (χ1v) is 11.0. The van der Waals surface area contributed by atoms with Gasteiger partial charge in [0.2, 0.25) is 0 Å². The van der Waals surface area contributed by atoms with Gasteiger partial charge in [0, 0.05) is 42.0 Å². The number of carbonyl (C=O) groups is 2. The molecule has 2 heterocycles. The normalized spacial score (nSPS) is 25.8. The SMILES string of the molecule is Cc1ccc(N(C(=O)[C@H](F)Cl)[C@@](C)(C(=O)N[C@@H]2CC3CC2CC3(F)F)c2cncnc2)cn1. The third kappa shape index (κ3) is 4.16. The molecule has 2 aromatic rings. The zero-order chi connectivity index (χ0) is 24.0. The summed E-state index contributed by atoms with van der Waals surface area (Å²) in [6.45, 7) is 3.15. The van der Waals surface area contributed by atoms with Gasteiger partial charge in [-0.15, -0.1) is 0 Å². The average Bonchev–Trinajstić information content (AvgIpc) is 3.31. The van der Waals surface area contributed by atoms with E-state index in [4.69, 9.17) is 11.6 Å². The van der Waals surface area contributed by atoms with Gasteiger partial charge in [-0.2, -0.15) is 0 Å². The van der Waals surface area contributed by atoms with Gasteiger partial charge in [0.1, 0.15) is 6.33 Å². The Hall–Kier alpha value is -2.75. The van der Waals surface area contributed by atoms with Crippen LogP contribution < -0.4 is 10.2 Å². The van der Waals surface area contributed by atoms with Crippen LogP contribution in [0.25, 0.3) is 0 Å². The first-order chi connectivity index (χ1) is 15.5. The van der Waals surface area contributed by atoms with Gasteiger partial charge in [-0.1, -0.05) is 11.6 Å². The van der Waals surface area contributed by atoms with E-state index in [0.29, 0.717) is 12.1 Å². The predicted molar refractivity (Wildman–Crippen MR) is 114 cm³/mol. The van der Waals surface area contributed by atoms with Crippen molar-refractivity contribution in [1.29, 1.82) is 0 Å². The Balaban J connectivity index is 1.75. The molecule has 2 unspecified atom stereocenters. The maximum absolute atomic E-state index is 14.1. The van der Waals surface area contributed by atoms with Crippen LogP contribution in [-0.2, 0) is 15.1 Å². The van der Waals surface area contributed by atoms with Crippen LogP contribution in [0, 0.1) is 18.8 Å². The van der Waals surface area contributed by atoms with Crippen molar-refractivity contribution in [1.82, 2.24) is 20.3 Å². The van der Waals surface area contributed by atoms with Gasteiger partial charge in [0.05, 0.1) is 11.9 Å². The summed E-state index contributed by atoms with van der Waals surface area (Å²) < 4.78 is 42.1. The van der Waals surface area contributed by atoms with E-state index in [0.717, 1.165) is 4.90 Å². The van der Waals surface area contributed by atoms with E-state index >= 15 is 0 Å². The second-order valence-corrected chi connectivity index (χ2v) is 9.19. The molecule has 176 valence electrons. The van der Waals surface area contributed by atoms with E-state index in [2.05, 4.69) is 20.3 Å². The maximum atomic E-state index is 14.1. The standard InChI is InChI=1S/C22H23ClF3N5O2/c1-12-3-4-16(10-29-12)31(19(32)18(23)24)21(2,15-8-27-11-28-9-15)20(33)30-17-6-14-5-13(17)7-22(14,25)26/h3-4,8-11,13-14,17-18H,5-7H2,1-2H3,(H,30,33)/t13?,14?,17-,18+,21-/m1/s1. The van der Waals surface area contributed by atoms with Crippen LogP contribution in [0.4, 0.5) is 18.9 Å². The lowest BCUT2D eigenvalue weighted by molar-refractivity contribution is -0.132. The third-order valence-electron chi connectivity index (χ3n) is 6.72. The third-order valence-corrected chi connectivity index (χ3v) is 6.90. The molecule has 4 rings (SSSR count). The van der Waals surface area contributed by atoms with Crippen molar-refractivity contribution in [3.05, 3.63) is 48.3 Å². The van der Waals surface area contributed by atoms with Crippen molar-refractivity contribution in [3.63, 3.8) is 0 Å². The minimum Gasteiger partial charge on any atom is -0.351 e. The van der Waals surface area contributed by atoms with Crippen LogP contribution in [0.3, 0.4) is 0 Å². The van der Waals surface area contributed by atoms with Crippen LogP contribution in [0.5, 0.6) is 0 Å².